The molecule has 0 spiro atoms. The first-order valence-electron chi connectivity index (χ1n) is 8.32. The van der Waals surface area contributed by atoms with Gasteiger partial charge in [0.25, 0.3) is 5.69 Å². The number of nitro groups is 2. The van der Waals surface area contributed by atoms with E-state index in [1.165, 1.54) is 19.2 Å². The Kier molecular flexibility index (Phi) is 5.11. The van der Waals surface area contributed by atoms with E-state index in [0.717, 1.165) is 11.1 Å². The second kappa shape index (κ2) is 7.48. The number of methoxy groups -OCH3 is 2. The predicted molar refractivity (Wildman–Crippen MR) is 98.3 cm³/mol. The van der Waals surface area contributed by atoms with E-state index in [2.05, 4.69) is 0 Å². The second-order valence-electron chi connectivity index (χ2n) is 6.15. The Morgan fingerprint density at radius 3 is 2.26 bits per heavy atom. The molecule has 1 unspecified atom stereocenters. The van der Waals surface area contributed by atoms with Crippen molar-refractivity contribution in [1.82, 2.24) is 0 Å². The molecule has 9 nitrogen and oxygen atoms in total. The lowest BCUT2D eigenvalue weighted by Gasteiger charge is -2.37. The number of anilines is 1. The summed E-state index contributed by atoms with van der Waals surface area (Å²) in [7, 11) is 3.06. The molecule has 0 aromatic heterocycles. The maximum absolute atomic E-state index is 11.3. The minimum Gasteiger partial charge on any atom is -0.493 e. The van der Waals surface area contributed by atoms with Gasteiger partial charge in [-0.1, -0.05) is 0 Å². The molecule has 0 saturated heterocycles. The molecule has 1 heterocycles. The van der Waals surface area contributed by atoms with Crippen LogP contribution in [0.2, 0.25) is 0 Å². The van der Waals surface area contributed by atoms with Gasteiger partial charge in [0.15, 0.2) is 11.5 Å². The van der Waals surface area contributed by atoms with Crippen LogP contribution in [-0.2, 0) is 6.42 Å². The number of non-ortho nitro benzene ring substituents is 1. The Morgan fingerprint density at radius 2 is 1.70 bits per heavy atom. The summed E-state index contributed by atoms with van der Waals surface area (Å²) in [5, 5.41) is 22.2. The third kappa shape index (κ3) is 3.62. The molecule has 3 rings (SSSR count). The highest BCUT2D eigenvalue weighted by Gasteiger charge is 2.33. The molecule has 2 aromatic carbocycles. The van der Waals surface area contributed by atoms with Gasteiger partial charge in [0.2, 0.25) is 6.54 Å². The average molecular weight is 373 g/mol. The molecular formula is C18H19N3O6. The van der Waals surface area contributed by atoms with Crippen LogP contribution < -0.4 is 14.4 Å². The topological polar surface area (TPSA) is 108 Å². The summed E-state index contributed by atoms with van der Waals surface area (Å²) in [4.78, 5) is 23.3. The first-order valence-corrected chi connectivity index (χ1v) is 8.32. The molecule has 1 aliphatic heterocycles. The molecular weight excluding hydrogens is 354 g/mol. The Labute approximate surface area is 155 Å². The number of hydrogen-bond donors (Lipinski definition) is 0. The maximum atomic E-state index is 11.3. The van der Waals surface area contributed by atoms with Crippen LogP contribution in [0, 0.1) is 20.2 Å². The minimum atomic E-state index is -0.509. The molecule has 1 aliphatic rings. The molecule has 9 heteroatoms. The highest BCUT2D eigenvalue weighted by molar-refractivity contribution is 5.57. The van der Waals surface area contributed by atoms with Crippen LogP contribution in [0.15, 0.2) is 36.4 Å². The molecule has 1 atom stereocenters. The van der Waals surface area contributed by atoms with Gasteiger partial charge < -0.3 is 14.4 Å². The van der Waals surface area contributed by atoms with Gasteiger partial charge in [0, 0.05) is 29.3 Å². The van der Waals surface area contributed by atoms with Crippen molar-refractivity contribution >= 4 is 11.4 Å². The van der Waals surface area contributed by atoms with E-state index in [4.69, 9.17) is 9.47 Å². The van der Waals surface area contributed by atoms with Gasteiger partial charge in [0.05, 0.1) is 19.1 Å². The Balaban J connectivity index is 2.04. The van der Waals surface area contributed by atoms with Crippen molar-refractivity contribution in [1.29, 1.82) is 0 Å². The van der Waals surface area contributed by atoms with Crippen LogP contribution in [0.25, 0.3) is 0 Å². The van der Waals surface area contributed by atoms with E-state index < -0.39 is 11.0 Å². The van der Waals surface area contributed by atoms with Crippen molar-refractivity contribution in [2.75, 3.05) is 32.2 Å². The summed E-state index contributed by atoms with van der Waals surface area (Å²) in [5.74, 6) is 1.09. The Bertz CT molecular complexity index is 868. The van der Waals surface area contributed by atoms with E-state index in [-0.39, 0.29) is 17.2 Å². The third-order valence-electron chi connectivity index (χ3n) is 4.72. The van der Waals surface area contributed by atoms with Crippen molar-refractivity contribution in [3.05, 3.63) is 67.8 Å². The number of ether oxygens (including phenoxy) is 2. The standard InChI is InChI=1S/C18H19N3O6/c1-26-17-9-12-7-8-19(13-3-5-14(6-4-13)21(24)25)16(11-20(22)23)15(12)10-18(17)27-2/h3-6,9-10,16H,7-8,11H2,1-2H3. The van der Waals surface area contributed by atoms with Crippen molar-refractivity contribution in [2.24, 2.45) is 0 Å². The van der Waals surface area contributed by atoms with E-state index >= 15 is 0 Å². The minimum absolute atomic E-state index is 0.0200. The first-order chi connectivity index (χ1) is 12.9. The molecule has 27 heavy (non-hydrogen) atoms. The zero-order chi connectivity index (χ0) is 19.6. The van der Waals surface area contributed by atoms with Crippen LogP contribution in [0.3, 0.4) is 0 Å². The number of nitrogens with zero attached hydrogens (tertiary/aromatic N) is 3. The molecule has 0 bridgehead atoms. The lowest BCUT2D eigenvalue weighted by Crippen LogP contribution is -2.39. The van der Waals surface area contributed by atoms with Gasteiger partial charge in [-0.2, -0.15) is 0 Å². The molecule has 0 fully saturated rings. The zero-order valence-electron chi connectivity index (χ0n) is 15.0. The number of rotatable bonds is 6. The van der Waals surface area contributed by atoms with Gasteiger partial charge in [-0.25, -0.2) is 0 Å². The molecule has 2 aromatic rings. The van der Waals surface area contributed by atoms with Gasteiger partial charge >= 0.3 is 0 Å². The summed E-state index contributed by atoms with van der Waals surface area (Å²) >= 11 is 0. The van der Waals surface area contributed by atoms with Crippen LogP contribution in [0.1, 0.15) is 17.2 Å². The lowest BCUT2D eigenvalue weighted by atomic mass is 9.91. The van der Waals surface area contributed by atoms with E-state index in [1.807, 2.05) is 11.0 Å². The molecule has 0 radical (unpaired) electrons. The third-order valence-corrected chi connectivity index (χ3v) is 4.72. The normalized spacial score (nSPS) is 15.8. The highest BCUT2D eigenvalue weighted by Crippen LogP contribution is 2.40. The van der Waals surface area contributed by atoms with Crippen molar-refractivity contribution in [3.63, 3.8) is 0 Å². The monoisotopic (exact) mass is 373 g/mol. The van der Waals surface area contributed by atoms with Gasteiger partial charge in [-0.15, -0.1) is 0 Å². The molecule has 142 valence electrons. The number of benzene rings is 2. The quantitative estimate of drug-likeness (QED) is 0.566. The molecule has 0 saturated carbocycles. The van der Waals surface area contributed by atoms with Crippen molar-refractivity contribution in [2.45, 2.75) is 12.5 Å². The van der Waals surface area contributed by atoms with Crippen LogP contribution in [-0.4, -0.2) is 37.2 Å². The van der Waals surface area contributed by atoms with Crippen LogP contribution >= 0.6 is 0 Å². The van der Waals surface area contributed by atoms with Gasteiger partial charge in [-0.05, 0) is 41.8 Å². The first kappa shape index (κ1) is 18.4. The highest BCUT2D eigenvalue weighted by atomic mass is 16.6. The SMILES string of the molecule is COc1cc2c(cc1OC)C(C[N+](=O)[O-])N(c1ccc([N+](=O)[O-])cc1)CC2. The van der Waals surface area contributed by atoms with E-state index in [0.29, 0.717) is 30.2 Å². The Hall–Kier alpha value is -3.36. The molecule has 0 N–H and O–H groups in total. The molecule has 0 aliphatic carbocycles. The fourth-order valence-corrected chi connectivity index (χ4v) is 3.44. The van der Waals surface area contributed by atoms with E-state index in [9.17, 15) is 20.2 Å². The fraction of sp³-hybridized carbons (Fsp3) is 0.333. The second-order valence-corrected chi connectivity index (χ2v) is 6.15. The predicted octanol–water partition coefficient (Wildman–Crippen LogP) is 2.99. The average Bonchev–Trinajstić information content (AvgIpc) is 2.66. The lowest BCUT2D eigenvalue weighted by molar-refractivity contribution is -0.483. The van der Waals surface area contributed by atoms with Gasteiger partial charge in [-0.3, -0.25) is 20.2 Å². The maximum Gasteiger partial charge on any atom is 0.269 e. The molecule has 0 amide bonds. The summed E-state index contributed by atoms with van der Waals surface area (Å²) in [6, 6.07) is 9.18. The van der Waals surface area contributed by atoms with Gasteiger partial charge in [0.1, 0.15) is 6.04 Å². The number of hydrogen-bond acceptors (Lipinski definition) is 7. The number of fused-ring (bicyclic) bond motifs is 1. The Morgan fingerprint density at radius 1 is 1.07 bits per heavy atom. The van der Waals surface area contributed by atoms with E-state index in [1.54, 1.807) is 25.3 Å². The van der Waals surface area contributed by atoms with Crippen molar-refractivity contribution in [3.8, 4) is 11.5 Å². The smallest absolute Gasteiger partial charge is 0.269 e. The summed E-state index contributed by atoms with van der Waals surface area (Å²) in [6.07, 6.45) is 0.668. The summed E-state index contributed by atoms with van der Waals surface area (Å²) in [6.45, 7) is 0.262. The van der Waals surface area contributed by atoms with Crippen molar-refractivity contribution < 1.29 is 19.3 Å². The van der Waals surface area contributed by atoms with Crippen LogP contribution in [0.5, 0.6) is 11.5 Å². The number of nitro benzene ring substituents is 1. The summed E-state index contributed by atoms with van der Waals surface area (Å²) < 4.78 is 10.7. The van der Waals surface area contributed by atoms with Crippen LogP contribution in [0.4, 0.5) is 11.4 Å². The largest absolute Gasteiger partial charge is 0.493 e. The fourth-order valence-electron chi connectivity index (χ4n) is 3.44. The summed E-state index contributed by atoms with van der Waals surface area (Å²) in [5.41, 5.74) is 2.45. The zero-order valence-corrected chi connectivity index (χ0v) is 15.0.